The molecule has 0 amide bonds. The third kappa shape index (κ3) is 2.18. The molecule has 1 fully saturated rings. The van der Waals surface area contributed by atoms with Crippen molar-refractivity contribution in [3.05, 3.63) is 11.8 Å². The number of nitrogens with two attached hydrogens (primary N) is 1. The predicted octanol–water partition coefficient (Wildman–Crippen LogP) is 0.642. The molecule has 0 aliphatic heterocycles. The molecule has 5 N–H and O–H groups in total. The summed E-state index contributed by atoms with van der Waals surface area (Å²) in [5.41, 5.74) is 3.15. The van der Waals surface area contributed by atoms with Crippen LogP contribution in [0.2, 0.25) is 0 Å². The van der Waals surface area contributed by atoms with Crippen molar-refractivity contribution in [2.75, 3.05) is 10.7 Å². The van der Waals surface area contributed by atoms with Crippen molar-refractivity contribution in [2.24, 2.45) is 11.3 Å². The van der Waals surface area contributed by atoms with E-state index >= 15 is 0 Å². The lowest BCUT2D eigenvalue weighted by Gasteiger charge is -2.49. The van der Waals surface area contributed by atoms with Gasteiger partial charge in [0, 0.05) is 23.2 Å². The van der Waals surface area contributed by atoms with E-state index in [4.69, 9.17) is 5.84 Å². The van der Waals surface area contributed by atoms with E-state index in [-0.39, 0.29) is 17.6 Å². The average Bonchev–Trinajstić information content (AvgIpc) is 2.28. The van der Waals surface area contributed by atoms with Gasteiger partial charge in [0.05, 0.1) is 6.10 Å². The molecule has 1 aliphatic carbocycles. The van der Waals surface area contributed by atoms with Gasteiger partial charge in [-0.25, -0.2) is 10.8 Å². The van der Waals surface area contributed by atoms with Gasteiger partial charge in [-0.05, 0) is 13.3 Å². The van der Waals surface area contributed by atoms with E-state index in [0.717, 1.165) is 17.9 Å². The first kappa shape index (κ1) is 12.1. The van der Waals surface area contributed by atoms with E-state index in [1.807, 2.05) is 26.8 Å². The Balaban J connectivity index is 2.12. The van der Waals surface area contributed by atoms with Gasteiger partial charge in [0.1, 0.15) is 5.82 Å². The molecule has 17 heavy (non-hydrogen) atoms. The van der Waals surface area contributed by atoms with Gasteiger partial charge in [-0.2, -0.15) is 4.98 Å². The molecule has 94 valence electrons. The number of hydrazine groups is 1. The van der Waals surface area contributed by atoms with Gasteiger partial charge in [-0.3, -0.25) is 5.43 Å². The van der Waals surface area contributed by atoms with Crippen LogP contribution in [-0.4, -0.2) is 27.2 Å². The van der Waals surface area contributed by atoms with Gasteiger partial charge >= 0.3 is 0 Å². The van der Waals surface area contributed by atoms with Crippen LogP contribution in [0.25, 0.3) is 0 Å². The summed E-state index contributed by atoms with van der Waals surface area (Å²) < 4.78 is 0. The topological polar surface area (TPSA) is 96.1 Å². The summed E-state index contributed by atoms with van der Waals surface area (Å²) in [4.78, 5) is 8.34. The molecule has 1 aromatic rings. The Kier molecular flexibility index (Phi) is 2.92. The molecule has 2 unspecified atom stereocenters. The number of nitrogens with zero attached hydrogens (tertiary/aromatic N) is 2. The van der Waals surface area contributed by atoms with E-state index in [2.05, 4.69) is 20.7 Å². The fraction of sp³-hybridized carbons (Fsp3) is 0.636. The summed E-state index contributed by atoms with van der Waals surface area (Å²) in [6.45, 7) is 5.96. The van der Waals surface area contributed by atoms with Gasteiger partial charge in [0.2, 0.25) is 5.95 Å². The minimum atomic E-state index is -0.255. The Morgan fingerprint density at radius 3 is 2.71 bits per heavy atom. The quantitative estimate of drug-likeness (QED) is 0.455. The van der Waals surface area contributed by atoms with Crippen LogP contribution in [0.4, 0.5) is 11.8 Å². The first-order chi connectivity index (χ1) is 7.93. The fourth-order valence-electron chi connectivity index (χ4n) is 2.03. The summed E-state index contributed by atoms with van der Waals surface area (Å²) in [5.74, 6) is 6.42. The highest BCUT2D eigenvalue weighted by Gasteiger charge is 2.47. The van der Waals surface area contributed by atoms with Crippen LogP contribution >= 0.6 is 0 Å². The lowest BCUT2D eigenvalue weighted by Crippen LogP contribution is -2.57. The highest BCUT2D eigenvalue weighted by Crippen LogP contribution is 2.42. The lowest BCUT2D eigenvalue weighted by molar-refractivity contribution is -0.0511. The summed E-state index contributed by atoms with van der Waals surface area (Å²) in [6.07, 6.45) is 0.483. The maximum atomic E-state index is 9.67. The molecule has 1 aromatic heterocycles. The van der Waals surface area contributed by atoms with Crippen molar-refractivity contribution in [3.8, 4) is 0 Å². The second kappa shape index (κ2) is 4.12. The SMILES string of the molecule is Cc1cc(NC2CC(O)C2(C)C)nc(NN)n1. The van der Waals surface area contributed by atoms with Crippen LogP contribution in [-0.2, 0) is 0 Å². The monoisotopic (exact) mass is 237 g/mol. The van der Waals surface area contributed by atoms with Crippen molar-refractivity contribution >= 4 is 11.8 Å². The summed E-state index contributed by atoms with van der Waals surface area (Å²) >= 11 is 0. The summed E-state index contributed by atoms with van der Waals surface area (Å²) in [5, 5.41) is 13.0. The van der Waals surface area contributed by atoms with Crippen LogP contribution in [0, 0.1) is 12.3 Å². The first-order valence-electron chi connectivity index (χ1n) is 5.70. The minimum Gasteiger partial charge on any atom is -0.392 e. The zero-order valence-corrected chi connectivity index (χ0v) is 10.4. The van der Waals surface area contributed by atoms with E-state index in [9.17, 15) is 5.11 Å². The summed E-state index contributed by atoms with van der Waals surface area (Å²) in [6, 6.07) is 2.08. The number of nitrogens with one attached hydrogen (secondary N) is 2. The van der Waals surface area contributed by atoms with Crippen LogP contribution in [0.3, 0.4) is 0 Å². The molecular formula is C11H19N5O. The van der Waals surface area contributed by atoms with Crippen LogP contribution in [0.15, 0.2) is 6.07 Å². The molecule has 1 aliphatic rings. The van der Waals surface area contributed by atoms with Crippen LogP contribution in [0.1, 0.15) is 26.0 Å². The second-order valence-corrected chi connectivity index (χ2v) is 5.13. The molecule has 2 atom stereocenters. The predicted molar refractivity (Wildman–Crippen MR) is 66.4 cm³/mol. The third-order valence-corrected chi connectivity index (χ3v) is 3.52. The molecule has 2 rings (SSSR count). The van der Waals surface area contributed by atoms with Gasteiger partial charge in [-0.15, -0.1) is 0 Å². The normalized spacial score (nSPS) is 26.2. The molecule has 6 nitrogen and oxygen atoms in total. The summed E-state index contributed by atoms with van der Waals surface area (Å²) in [7, 11) is 0. The van der Waals surface area contributed by atoms with Crippen LogP contribution < -0.4 is 16.6 Å². The molecular weight excluding hydrogens is 218 g/mol. The third-order valence-electron chi connectivity index (χ3n) is 3.52. The van der Waals surface area contributed by atoms with E-state index in [1.165, 1.54) is 0 Å². The van der Waals surface area contributed by atoms with E-state index in [0.29, 0.717) is 5.95 Å². The van der Waals surface area contributed by atoms with Gasteiger partial charge in [0.25, 0.3) is 0 Å². The number of nitrogen functional groups attached to an aromatic ring is 1. The number of hydrogen-bond acceptors (Lipinski definition) is 6. The number of aryl methyl sites for hydroxylation is 1. The Morgan fingerprint density at radius 2 is 2.18 bits per heavy atom. The number of rotatable bonds is 3. The van der Waals surface area contributed by atoms with Gasteiger partial charge in [0.15, 0.2) is 0 Å². The van der Waals surface area contributed by atoms with Gasteiger partial charge < -0.3 is 10.4 Å². The maximum absolute atomic E-state index is 9.67. The van der Waals surface area contributed by atoms with Gasteiger partial charge in [-0.1, -0.05) is 13.8 Å². The van der Waals surface area contributed by atoms with Crippen molar-refractivity contribution in [2.45, 2.75) is 39.3 Å². The number of aliphatic hydroxyl groups is 1. The minimum absolute atomic E-state index is 0.130. The Morgan fingerprint density at radius 1 is 1.47 bits per heavy atom. The average molecular weight is 237 g/mol. The molecule has 6 heteroatoms. The molecule has 1 heterocycles. The Hall–Kier alpha value is -1.40. The standard InChI is InChI=1S/C11H19N5O/c1-6-4-9(15-10(13-6)16-12)14-7-5-8(17)11(7,2)3/h4,7-8,17H,5,12H2,1-3H3,(H2,13,14,15,16). The number of aliphatic hydroxyl groups excluding tert-OH is 1. The molecule has 1 saturated carbocycles. The number of hydrogen-bond donors (Lipinski definition) is 4. The smallest absolute Gasteiger partial charge is 0.239 e. The number of aromatic nitrogens is 2. The highest BCUT2D eigenvalue weighted by molar-refractivity contribution is 5.43. The molecule has 0 radical (unpaired) electrons. The first-order valence-corrected chi connectivity index (χ1v) is 5.70. The molecule has 0 saturated heterocycles. The molecule has 0 spiro atoms. The highest BCUT2D eigenvalue weighted by atomic mass is 16.3. The largest absolute Gasteiger partial charge is 0.392 e. The van der Waals surface area contributed by atoms with Crippen LogP contribution in [0.5, 0.6) is 0 Å². The van der Waals surface area contributed by atoms with E-state index in [1.54, 1.807) is 0 Å². The van der Waals surface area contributed by atoms with E-state index < -0.39 is 0 Å². The fourth-order valence-corrected chi connectivity index (χ4v) is 2.03. The molecule has 0 aromatic carbocycles. The lowest BCUT2D eigenvalue weighted by atomic mass is 9.64. The Bertz CT molecular complexity index is 420. The second-order valence-electron chi connectivity index (χ2n) is 5.13. The maximum Gasteiger partial charge on any atom is 0.239 e. The van der Waals surface area contributed by atoms with Crippen molar-refractivity contribution in [3.63, 3.8) is 0 Å². The zero-order valence-electron chi connectivity index (χ0n) is 10.4. The van der Waals surface area contributed by atoms with Crippen molar-refractivity contribution in [1.82, 2.24) is 9.97 Å². The number of anilines is 2. The molecule has 0 bridgehead atoms. The van der Waals surface area contributed by atoms with Crippen molar-refractivity contribution in [1.29, 1.82) is 0 Å². The Labute approximate surface area is 101 Å². The zero-order chi connectivity index (χ0) is 12.6. The van der Waals surface area contributed by atoms with Crippen molar-refractivity contribution < 1.29 is 5.11 Å².